The van der Waals surface area contributed by atoms with Crippen LogP contribution in [0.1, 0.15) is 29.9 Å². The van der Waals surface area contributed by atoms with E-state index in [1.807, 2.05) is 24.3 Å². The SMILES string of the molecule is COc1ccc2c(c1OC)CCCC2C(=O)NS(=O)(=O)c1cccc2ccccc12. The highest BCUT2D eigenvalue weighted by Crippen LogP contribution is 2.42. The fourth-order valence-corrected chi connectivity index (χ4v) is 5.44. The summed E-state index contributed by atoms with van der Waals surface area (Å²) in [6.45, 7) is 0. The zero-order chi connectivity index (χ0) is 21.3. The van der Waals surface area contributed by atoms with Crippen LogP contribution in [0.25, 0.3) is 10.8 Å². The Hall–Kier alpha value is -3.06. The highest BCUT2D eigenvalue weighted by molar-refractivity contribution is 7.90. The number of benzene rings is 3. The molecule has 0 fully saturated rings. The van der Waals surface area contributed by atoms with Crippen LogP contribution >= 0.6 is 0 Å². The predicted molar refractivity (Wildman–Crippen MR) is 115 cm³/mol. The number of hydrogen-bond acceptors (Lipinski definition) is 5. The molecule has 0 heterocycles. The Labute approximate surface area is 175 Å². The Bertz CT molecular complexity index is 1210. The second-order valence-electron chi connectivity index (χ2n) is 7.26. The number of amides is 1. The van der Waals surface area contributed by atoms with Crippen molar-refractivity contribution in [3.63, 3.8) is 0 Å². The molecule has 0 radical (unpaired) electrons. The molecule has 3 aromatic carbocycles. The first-order chi connectivity index (χ1) is 14.5. The standard InChI is InChI=1S/C23H23NO5S/c1-28-20-14-13-17-18(22(20)29-2)10-6-11-19(17)23(25)24-30(26,27)21-12-5-8-15-7-3-4-9-16(15)21/h3-5,7-9,12-14,19H,6,10-11H2,1-2H3,(H,24,25). The summed E-state index contributed by atoms with van der Waals surface area (Å²) in [5.74, 6) is 0.0968. The largest absolute Gasteiger partial charge is 0.493 e. The van der Waals surface area contributed by atoms with Crippen LogP contribution in [0.2, 0.25) is 0 Å². The second-order valence-corrected chi connectivity index (χ2v) is 8.91. The van der Waals surface area contributed by atoms with Crippen LogP contribution in [0.4, 0.5) is 0 Å². The molecule has 0 saturated carbocycles. The van der Waals surface area contributed by atoms with Gasteiger partial charge in [-0.15, -0.1) is 0 Å². The average Bonchev–Trinajstić information content (AvgIpc) is 2.76. The van der Waals surface area contributed by atoms with E-state index in [9.17, 15) is 13.2 Å². The Morgan fingerprint density at radius 3 is 2.53 bits per heavy atom. The maximum Gasteiger partial charge on any atom is 0.264 e. The number of carbonyl (C=O) groups excluding carboxylic acids is 1. The third-order valence-corrected chi connectivity index (χ3v) is 6.98. The maximum atomic E-state index is 13.1. The van der Waals surface area contributed by atoms with Gasteiger partial charge < -0.3 is 9.47 Å². The number of methoxy groups -OCH3 is 2. The molecule has 6 nitrogen and oxygen atoms in total. The third kappa shape index (κ3) is 3.50. The van der Waals surface area contributed by atoms with Gasteiger partial charge in [-0.3, -0.25) is 4.79 Å². The van der Waals surface area contributed by atoms with Gasteiger partial charge in [0, 0.05) is 10.9 Å². The van der Waals surface area contributed by atoms with E-state index < -0.39 is 21.8 Å². The molecule has 0 bridgehead atoms. The summed E-state index contributed by atoms with van der Waals surface area (Å²) < 4.78 is 39.3. The van der Waals surface area contributed by atoms with Crippen molar-refractivity contribution >= 4 is 26.7 Å². The van der Waals surface area contributed by atoms with Gasteiger partial charge in [-0.05, 0) is 42.3 Å². The van der Waals surface area contributed by atoms with Crippen molar-refractivity contribution in [2.45, 2.75) is 30.1 Å². The summed E-state index contributed by atoms with van der Waals surface area (Å²) >= 11 is 0. The van der Waals surface area contributed by atoms with E-state index in [1.165, 1.54) is 6.07 Å². The van der Waals surface area contributed by atoms with Gasteiger partial charge in [0.1, 0.15) is 0 Å². The normalized spacial score (nSPS) is 16.0. The first kappa shape index (κ1) is 20.2. The second kappa shape index (κ2) is 7.99. The smallest absolute Gasteiger partial charge is 0.264 e. The Morgan fingerprint density at radius 1 is 1.00 bits per heavy atom. The molecule has 30 heavy (non-hydrogen) atoms. The van der Waals surface area contributed by atoms with Crippen molar-refractivity contribution in [1.29, 1.82) is 0 Å². The van der Waals surface area contributed by atoms with Gasteiger partial charge in [0.15, 0.2) is 11.5 Å². The van der Waals surface area contributed by atoms with Crippen LogP contribution < -0.4 is 14.2 Å². The van der Waals surface area contributed by atoms with E-state index in [0.29, 0.717) is 23.3 Å². The van der Waals surface area contributed by atoms with Crippen molar-refractivity contribution in [3.8, 4) is 11.5 Å². The zero-order valence-electron chi connectivity index (χ0n) is 16.8. The highest BCUT2D eigenvalue weighted by Gasteiger charge is 2.32. The molecule has 4 rings (SSSR count). The number of carbonyl (C=O) groups is 1. The first-order valence-electron chi connectivity index (χ1n) is 9.74. The van der Waals surface area contributed by atoms with Crippen LogP contribution in [-0.2, 0) is 21.2 Å². The molecule has 156 valence electrons. The van der Waals surface area contributed by atoms with Gasteiger partial charge in [0.25, 0.3) is 10.0 Å². The van der Waals surface area contributed by atoms with Crippen molar-refractivity contribution in [2.75, 3.05) is 14.2 Å². The number of nitrogens with one attached hydrogen (secondary N) is 1. The third-order valence-electron chi connectivity index (χ3n) is 5.57. The van der Waals surface area contributed by atoms with E-state index >= 15 is 0 Å². The summed E-state index contributed by atoms with van der Waals surface area (Å²) in [7, 11) is -0.896. The topological polar surface area (TPSA) is 81.7 Å². The number of sulfonamides is 1. The number of ether oxygens (including phenoxy) is 2. The molecule has 1 N–H and O–H groups in total. The van der Waals surface area contributed by atoms with Gasteiger partial charge in [0.2, 0.25) is 5.91 Å². The Morgan fingerprint density at radius 2 is 1.77 bits per heavy atom. The van der Waals surface area contributed by atoms with Gasteiger partial charge in [0.05, 0.1) is 25.0 Å². The van der Waals surface area contributed by atoms with Crippen molar-refractivity contribution < 1.29 is 22.7 Å². The van der Waals surface area contributed by atoms with Crippen LogP contribution in [0.3, 0.4) is 0 Å². The van der Waals surface area contributed by atoms with E-state index in [4.69, 9.17) is 9.47 Å². The molecule has 1 aliphatic rings. The molecule has 0 spiro atoms. The summed E-state index contributed by atoms with van der Waals surface area (Å²) in [6, 6.07) is 15.8. The molecule has 1 amide bonds. The molecule has 0 aliphatic heterocycles. The van der Waals surface area contributed by atoms with Crippen LogP contribution in [0.5, 0.6) is 11.5 Å². The van der Waals surface area contributed by atoms with Crippen molar-refractivity contribution in [1.82, 2.24) is 4.72 Å². The van der Waals surface area contributed by atoms with Crippen molar-refractivity contribution in [2.24, 2.45) is 0 Å². The Balaban J connectivity index is 1.68. The highest BCUT2D eigenvalue weighted by atomic mass is 32.2. The average molecular weight is 426 g/mol. The lowest BCUT2D eigenvalue weighted by molar-refractivity contribution is -0.121. The monoisotopic (exact) mass is 425 g/mol. The van der Waals surface area contributed by atoms with Gasteiger partial charge in [-0.2, -0.15) is 0 Å². The summed E-state index contributed by atoms with van der Waals surface area (Å²) in [6.07, 6.45) is 2.07. The molecule has 1 atom stereocenters. The Kier molecular flexibility index (Phi) is 5.39. The summed E-state index contributed by atoms with van der Waals surface area (Å²) in [5.41, 5.74) is 1.68. The quantitative estimate of drug-likeness (QED) is 0.673. The molecule has 1 aliphatic carbocycles. The lowest BCUT2D eigenvalue weighted by Crippen LogP contribution is -2.36. The molecule has 7 heteroatoms. The fraction of sp³-hybridized carbons (Fsp3) is 0.261. The number of hydrogen-bond donors (Lipinski definition) is 1. The lowest BCUT2D eigenvalue weighted by Gasteiger charge is -2.27. The minimum Gasteiger partial charge on any atom is -0.493 e. The predicted octanol–water partition coefficient (Wildman–Crippen LogP) is 3.78. The molecule has 3 aromatic rings. The van der Waals surface area contributed by atoms with Gasteiger partial charge >= 0.3 is 0 Å². The van der Waals surface area contributed by atoms with Gasteiger partial charge in [-0.1, -0.05) is 42.5 Å². The molecule has 0 saturated heterocycles. The molecule has 1 unspecified atom stereocenters. The van der Waals surface area contributed by atoms with Crippen LogP contribution in [0.15, 0.2) is 59.5 Å². The molecular formula is C23H23NO5S. The first-order valence-corrected chi connectivity index (χ1v) is 11.2. The minimum absolute atomic E-state index is 0.0947. The maximum absolute atomic E-state index is 13.1. The van der Waals surface area contributed by atoms with E-state index in [0.717, 1.165) is 29.4 Å². The molecule has 0 aromatic heterocycles. The van der Waals surface area contributed by atoms with Crippen LogP contribution in [-0.4, -0.2) is 28.5 Å². The van der Waals surface area contributed by atoms with Gasteiger partial charge in [-0.25, -0.2) is 13.1 Å². The summed E-state index contributed by atoms with van der Waals surface area (Å²) in [4.78, 5) is 13.2. The lowest BCUT2D eigenvalue weighted by atomic mass is 9.82. The zero-order valence-corrected chi connectivity index (χ0v) is 17.7. The van der Waals surface area contributed by atoms with Crippen LogP contribution in [0, 0.1) is 0 Å². The van der Waals surface area contributed by atoms with E-state index in [-0.39, 0.29) is 4.90 Å². The molecular weight excluding hydrogens is 402 g/mol. The summed E-state index contributed by atoms with van der Waals surface area (Å²) in [5, 5.41) is 1.38. The minimum atomic E-state index is -4.02. The van der Waals surface area contributed by atoms with E-state index in [2.05, 4.69) is 4.72 Å². The number of rotatable bonds is 5. The van der Waals surface area contributed by atoms with E-state index in [1.54, 1.807) is 38.5 Å². The number of fused-ring (bicyclic) bond motifs is 2. The fourth-order valence-electron chi connectivity index (χ4n) is 4.19. The van der Waals surface area contributed by atoms with Crippen molar-refractivity contribution in [3.05, 3.63) is 65.7 Å².